The summed E-state index contributed by atoms with van der Waals surface area (Å²) in [7, 11) is 0. The van der Waals surface area contributed by atoms with Gasteiger partial charge in [-0.2, -0.15) is 0 Å². The molecule has 0 saturated heterocycles. The Morgan fingerprint density at radius 3 is 2.54 bits per heavy atom. The summed E-state index contributed by atoms with van der Waals surface area (Å²) in [5, 5.41) is 0. The largest absolute Gasteiger partial charge is 0.498 e. The zero-order valence-corrected chi connectivity index (χ0v) is 16.0. The van der Waals surface area contributed by atoms with Crippen molar-refractivity contribution in [1.29, 1.82) is 0 Å². The lowest BCUT2D eigenvalue weighted by molar-refractivity contribution is -0.143. The van der Waals surface area contributed by atoms with Gasteiger partial charge in [0.1, 0.15) is 0 Å². The molecule has 3 heteroatoms. The maximum atomic E-state index is 11.2. The van der Waals surface area contributed by atoms with Gasteiger partial charge in [0, 0.05) is 6.42 Å². The first-order chi connectivity index (χ1) is 11.8. The molecule has 0 spiro atoms. The minimum absolute atomic E-state index is 0.0498. The van der Waals surface area contributed by atoms with E-state index in [1.54, 1.807) is 0 Å². The van der Waals surface area contributed by atoms with E-state index < -0.39 is 0 Å². The SMILES string of the molecule is CCCCCCC1CCC(CCCCCCCC(=O)OCC)=CO1. The molecule has 1 aliphatic heterocycles. The number of carbonyl (C=O) groups is 1. The predicted molar refractivity (Wildman–Crippen MR) is 99.9 cm³/mol. The van der Waals surface area contributed by atoms with Crippen LogP contribution in [-0.2, 0) is 14.3 Å². The zero-order valence-electron chi connectivity index (χ0n) is 16.0. The highest BCUT2D eigenvalue weighted by Crippen LogP contribution is 2.25. The van der Waals surface area contributed by atoms with Crippen molar-refractivity contribution in [2.75, 3.05) is 6.61 Å². The van der Waals surface area contributed by atoms with Gasteiger partial charge in [0.05, 0.1) is 19.0 Å². The number of esters is 1. The molecule has 0 fully saturated rings. The molecule has 0 saturated carbocycles. The first kappa shape index (κ1) is 21.1. The summed E-state index contributed by atoms with van der Waals surface area (Å²) in [6.45, 7) is 4.61. The van der Waals surface area contributed by atoms with Gasteiger partial charge in [-0.05, 0) is 57.4 Å². The van der Waals surface area contributed by atoms with Crippen LogP contribution in [0.25, 0.3) is 0 Å². The maximum absolute atomic E-state index is 11.2. The predicted octanol–water partition coefficient (Wildman–Crippen LogP) is 6.31. The van der Waals surface area contributed by atoms with E-state index in [2.05, 4.69) is 13.2 Å². The molecule has 1 atom stereocenters. The molecular weight excluding hydrogens is 300 g/mol. The van der Waals surface area contributed by atoms with Crippen LogP contribution in [0.5, 0.6) is 0 Å². The van der Waals surface area contributed by atoms with Crippen LogP contribution in [0.4, 0.5) is 0 Å². The standard InChI is InChI=1S/C21H38O3/c1-3-5-6-11-14-20-17-16-19(18-24-20)13-10-8-7-9-12-15-21(22)23-4-2/h18,20H,3-17H2,1-2H3. The molecule has 0 aromatic rings. The van der Waals surface area contributed by atoms with Crippen molar-refractivity contribution >= 4 is 5.97 Å². The summed E-state index contributed by atoms with van der Waals surface area (Å²) in [6.07, 6.45) is 19.1. The van der Waals surface area contributed by atoms with E-state index in [9.17, 15) is 4.79 Å². The molecule has 24 heavy (non-hydrogen) atoms. The third kappa shape index (κ3) is 10.7. The van der Waals surface area contributed by atoms with Crippen molar-refractivity contribution in [2.24, 2.45) is 0 Å². The molecule has 0 amide bonds. The molecule has 140 valence electrons. The first-order valence-electron chi connectivity index (χ1n) is 10.2. The van der Waals surface area contributed by atoms with Crippen LogP contribution in [0, 0.1) is 0 Å². The summed E-state index contributed by atoms with van der Waals surface area (Å²) in [5.41, 5.74) is 1.49. The number of rotatable bonds is 14. The van der Waals surface area contributed by atoms with Crippen LogP contribution in [0.15, 0.2) is 11.8 Å². The molecule has 0 N–H and O–H groups in total. The van der Waals surface area contributed by atoms with E-state index >= 15 is 0 Å². The fraction of sp³-hybridized carbons (Fsp3) is 0.857. The van der Waals surface area contributed by atoms with Crippen LogP contribution in [-0.4, -0.2) is 18.7 Å². The normalized spacial score (nSPS) is 17.2. The van der Waals surface area contributed by atoms with Crippen LogP contribution in [0.1, 0.15) is 104 Å². The molecule has 3 nitrogen and oxygen atoms in total. The number of ether oxygens (including phenoxy) is 2. The first-order valence-corrected chi connectivity index (χ1v) is 10.2. The van der Waals surface area contributed by atoms with Crippen molar-refractivity contribution in [2.45, 2.75) is 110 Å². The lowest BCUT2D eigenvalue weighted by Gasteiger charge is -2.23. The minimum atomic E-state index is -0.0498. The van der Waals surface area contributed by atoms with Crippen molar-refractivity contribution < 1.29 is 14.3 Å². The van der Waals surface area contributed by atoms with E-state index in [4.69, 9.17) is 9.47 Å². The average molecular weight is 339 g/mol. The van der Waals surface area contributed by atoms with E-state index in [0.717, 1.165) is 12.8 Å². The highest BCUT2D eigenvalue weighted by Gasteiger charge is 2.14. The number of carbonyl (C=O) groups excluding carboxylic acids is 1. The van der Waals surface area contributed by atoms with E-state index in [0.29, 0.717) is 19.1 Å². The van der Waals surface area contributed by atoms with Crippen LogP contribution >= 0.6 is 0 Å². The van der Waals surface area contributed by atoms with Crippen LogP contribution in [0.2, 0.25) is 0 Å². The molecule has 1 unspecified atom stereocenters. The Morgan fingerprint density at radius 1 is 1.08 bits per heavy atom. The van der Waals surface area contributed by atoms with Gasteiger partial charge in [-0.25, -0.2) is 0 Å². The number of hydrogen-bond acceptors (Lipinski definition) is 3. The minimum Gasteiger partial charge on any atom is -0.498 e. The van der Waals surface area contributed by atoms with Gasteiger partial charge in [-0.3, -0.25) is 4.79 Å². The Hall–Kier alpha value is -0.990. The fourth-order valence-electron chi connectivity index (χ4n) is 3.25. The molecule has 1 rings (SSSR count). The second-order valence-electron chi connectivity index (χ2n) is 6.99. The number of allylic oxidation sites excluding steroid dienone is 1. The second kappa shape index (κ2) is 14.4. The topological polar surface area (TPSA) is 35.5 Å². The summed E-state index contributed by atoms with van der Waals surface area (Å²) < 4.78 is 10.8. The molecule has 0 aliphatic carbocycles. The summed E-state index contributed by atoms with van der Waals surface area (Å²) in [6, 6.07) is 0. The van der Waals surface area contributed by atoms with Gasteiger partial charge in [0.25, 0.3) is 0 Å². The van der Waals surface area contributed by atoms with Gasteiger partial charge in [-0.1, -0.05) is 45.4 Å². The lowest BCUT2D eigenvalue weighted by atomic mass is 9.97. The zero-order chi connectivity index (χ0) is 17.5. The molecular formula is C21H38O3. The fourth-order valence-corrected chi connectivity index (χ4v) is 3.25. The lowest BCUT2D eigenvalue weighted by Crippen LogP contribution is -2.14. The number of hydrogen-bond donors (Lipinski definition) is 0. The summed E-state index contributed by atoms with van der Waals surface area (Å²) in [5.74, 6) is -0.0498. The Balaban J connectivity index is 1.95. The van der Waals surface area contributed by atoms with Gasteiger partial charge >= 0.3 is 5.97 Å². The quantitative estimate of drug-likeness (QED) is 0.275. The Kier molecular flexibility index (Phi) is 12.6. The van der Waals surface area contributed by atoms with Crippen LogP contribution in [0.3, 0.4) is 0 Å². The maximum Gasteiger partial charge on any atom is 0.305 e. The molecule has 0 aromatic heterocycles. The molecule has 1 aliphatic rings. The molecule has 0 bridgehead atoms. The Labute approximate surface area is 149 Å². The van der Waals surface area contributed by atoms with Crippen molar-refractivity contribution in [1.82, 2.24) is 0 Å². The van der Waals surface area contributed by atoms with Gasteiger partial charge in [-0.15, -0.1) is 0 Å². The third-order valence-electron chi connectivity index (χ3n) is 4.78. The monoisotopic (exact) mass is 338 g/mol. The number of unbranched alkanes of at least 4 members (excludes halogenated alkanes) is 7. The Morgan fingerprint density at radius 2 is 1.83 bits per heavy atom. The Bertz CT molecular complexity index is 349. The van der Waals surface area contributed by atoms with Gasteiger partial charge in [0.15, 0.2) is 0 Å². The summed E-state index contributed by atoms with van der Waals surface area (Å²) in [4.78, 5) is 11.2. The van der Waals surface area contributed by atoms with E-state index in [1.807, 2.05) is 6.92 Å². The van der Waals surface area contributed by atoms with E-state index in [1.165, 1.54) is 76.2 Å². The van der Waals surface area contributed by atoms with Crippen molar-refractivity contribution in [3.63, 3.8) is 0 Å². The smallest absolute Gasteiger partial charge is 0.305 e. The van der Waals surface area contributed by atoms with Gasteiger partial charge < -0.3 is 9.47 Å². The molecule has 1 heterocycles. The summed E-state index contributed by atoms with van der Waals surface area (Å²) >= 11 is 0. The second-order valence-corrected chi connectivity index (χ2v) is 6.99. The molecule has 0 aromatic carbocycles. The van der Waals surface area contributed by atoms with E-state index in [-0.39, 0.29) is 5.97 Å². The highest BCUT2D eigenvalue weighted by molar-refractivity contribution is 5.69. The van der Waals surface area contributed by atoms with Crippen LogP contribution < -0.4 is 0 Å². The third-order valence-corrected chi connectivity index (χ3v) is 4.78. The van der Waals surface area contributed by atoms with Gasteiger partial charge in [0.2, 0.25) is 0 Å². The van der Waals surface area contributed by atoms with Crippen molar-refractivity contribution in [3.05, 3.63) is 11.8 Å². The van der Waals surface area contributed by atoms with Crippen molar-refractivity contribution in [3.8, 4) is 0 Å². The average Bonchev–Trinajstić information content (AvgIpc) is 2.59. The highest BCUT2D eigenvalue weighted by atomic mass is 16.5. The molecule has 0 radical (unpaired) electrons.